The van der Waals surface area contributed by atoms with Crippen molar-refractivity contribution in [3.63, 3.8) is 0 Å². The highest BCUT2D eigenvalue weighted by atomic mass is 16.3. The Hall–Kier alpha value is -17.0. The van der Waals surface area contributed by atoms with Gasteiger partial charge in [-0.2, -0.15) is 0 Å². The molecule has 0 N–H and O–H groups in total. The van der Waals surface area contributed by atoms with E-state index in [9.17, 15) is 41.1 Å². The molecule has 1 aliphatic carbocycles. The molecule has 132 heavy (non-hydrogen) atoms. The predicted molar refractivity (Wildman–Crippen MR) is 558 cm³/mol. The topological polar surface area (TPSA) is 39.4 Å². The quantitative estimate of drug-likeness (QED) is 0.128. The summed E-state index contributed by atoms with van der Waals surface area (Å²) in [5.74, 6) is 0. The van der Waals surface area contributed by atoms with Crippen LogP contribution in [0.2, 0.25) is 0 Å². The fraction of sp³-hybridized carbons (Fsp3) is 0.0233. The molecular formula is C129H84O3. The highest BCUT2D eigenvalue weighted by molar-refractivity contribution is 6.26. The minimum atomic E-state index is -3.77. The zero-order valence-electron chi connectivity index (χ0n) is 149. The summed E-state index contributed by atoms with van der Waals surface area (Å²) in [6.07, 6.45) is 0. The molecular weight excluding hydrogens is 1600 g/mol. The van der Waals surface area contributed by atoms with Crippen LogP contribution in [0, 0.1) is 0 Å². The van der Waals surface area contributed by atoms with E-state index in [0.717, 1.165) is 6.07 Å². The predicted octanol–water partition coefficient (Wildman–Crippen LogP) is 36.7. The largest absolute Gasteiger partial charge is 0.456 e. The van der Waals surface area contributed by atoms with Gasteiger partial charge in [0, 0.05) is 46.0 Å². The van der Waals surface area contributed by atoms with Gasteiger partial charge in [0.15, 0.2) is 0 Å². The lowest BCUT2D eigenvalue weighted by atomic mass is 9.81. The molecule has 0 unspecified atom stereocenters. The molecule has 0 spiro atoms. The summed E-state index contributed by atoms with van der Waals surface area (Å²) in [6.45, 7) is -7.54. The van der Waals surface area contributed by atoms with Crippen LogP contribution in [0.25, 0.3) is 253 Å². The third-order valence-corrected chi connectivity index (χ3v) is 21.4. The van der Waals surface area contributed by atoms with Crippen LogP contribution >= 0.6 is 0 Å². The van der Waals surface area contributed by atoms with Crippen LogP contribution in [0.4, 0.5) is 0 Å². The fourth-order valence-electron chi connectivity index (χ4n) is 15.9. The van der Waals surface area contributed by atoms with Gasteiger partial charge in [0.1, 0.15) is 33.5 Å². The van der Waals surface area contributed by atoms with Crippen molar-refractivity contribution in [3.05, 3.63) is 482 Å². The first-order chi connectivity index (χ1) is 99.8. The van der Waals surface area contributed by atoms with Crippen LogP contribution in [0.15, 0.2) is 485 Å². The van der Waals surface area contributed by atoms with Gasteiger partial charge in [-0.25, -0.2) is 0 Å². The molecule has 0 saturated carbocycles. The van der Waals surface area contributed by atoms with E-state index in [4.69, 9.17) is 85.9 Å². The summed E-state index contributed by atoms with van der Waals surface area (Å²) in [4.78, 5) is 0. The summed E-state index contributed by atoms with van der Waals surface area (Å²) >= 11 is 0. The van der Waals surface area contributed by atoms with Crippen LogP contribution in [0.5, 0.6) is 0 Å². The van der Waals surface area contributed by atoms with Gasteiger partial charge in [0.2, 0.25) is 0 Å². The number of benzene rings is 23. The molecule has 0 amide bonds. The zero-order chi connectivity index (χ0) is 159. The number of hydrogen-bond acceptors (Lipinski definition) is 3. The number of fused-ring (bicyclic) bond motifs is 18. The maximum Gasteiger partial charge on any atom is 0.136 e. The van der Waals surface area contributed by atoms with Crippen molar-refractivity contribution in [2.24, 2.45) is 0 Å². The Morgan fingerprint density at radius 1 is 0.167 bits per heavy atom. The van der Waals surface area contributed by atoms with Crippen molar-refractivity contribution in [2.75, 3.05) is 0 Å². The van der Waals surface area contributed by atoms with Crippen molar-refractivity contribution in [1.29, 1.82) is 0 Å². The van der Waals surface area contributed by atoms with Gasteiger partial charge in [0.25, 0.3) is 0 Å². The Morgan fingerprint density at radius 3 is 0.909 bits per heavy atom. The lowest BCUT2D eigenvalue weighted by Crippen LogP contribution is -2.14. The molecule has 0 aliphatic heterocycles. The van der Waals surface area contributed by atoms with Gasteiger partial charge in [-0.15, -0.1) is 0 Å². The van der Waals surface area contributed by atoms with E-state index in [0.29, 0.717) is 0 Å². The maximum absolute atomic E-state index is 9.95. The molecule has 0 radical (unpaired) electrons. The minimum Gasteiger partial charge on any atom is -0.456 e. The molecule has 0 bridgehead atoms. The van der Waals surface area contributed by atoms with Gasteiger partial charge >= 0.3 is 0 Å². The highest BCUT2D eigenvalue weighted by Gasteiger charge is 2.36. The molecule has 26 aromatic rings. The first kappa shape index (κ1) is 30.3. The van der Waals surface area contributed by atoms with E-state index >= 15 is 0 Å². The van der Waals surface area contributed by atoms with E-state index in [2.05, 4.69) is 0 Å². The summed E-state index contributed by atoms with van der Waals surface area (Å²) < 4.78 is 756. The highest BCUT2D eigenvalue weighted by Crippen LogP contribution is 2.53. The second-order valence-electron chi connectivity index (χ2n) is 28.6. The molecule has 27 rings (SSSR count). The average molecular weight is 1770 g/mol. The standard InChI is InChI=1S/C47H32O.C44H28O.C38H24O/c1-47(2)41-19-11-10-14-33(41)34-23-20-31(28-42(34)47)30-21-24-43-39(26-30)40-27-32(22-25-44(40)48-43)46-37-17-8-6-15-35(37)45(29-12-4-3-5-13-29)36-16-7-9-18-38(36)46;1-3-12-29(13-4-1)31-16-11-17-32(26-31)33-22-24-35-40-27-34(23-25-41(40)45-42(35)28-33)44-38-20-9-7-18-36(38)43(30-14-5-2-6-15-30)37-19-8-10-21-39(37)44;1-3-12-25(13-4-1)28-20-11-21-35-38(28)33-24-27(22-23-34(33)39-35)37-31-18-9-7-16-29(31)36(26-14-5-2-6-15-26)30-17-8-10-19-32(30)37/h3-28H,1-2H3;1-28H;1-24H/i1D3,2D3,3D,4D,5D,6D,7D,8D,9D,10D,11D,12D,13D,14D,15D,16D,17D,18D,19D,20D,21D,22D,24D,25D,26D,27D,28D;1D,2D,3D,4D,5D,6D,7D,8D,9D,10D,11D,12D,13D,14D,15D,16D,17D,18D,19D,20D,21D,22D,23D,24D,25D,26D,27D,28D;1D,2D,3D,4D,5D,6D,7D,8D,9D,10D,11D,12D,13D,14D,15D,16D,17D,18D,19D,20D,21D,22D,23D,24D. The zero-order valence-corrected chi connectivity index (χ0v) is 65.8. The normalized spacial score (nSPS) is 21.3. The van der Waals surface area contributed by atoms with Crippen LogP contribution in [-0.4, -0.2) is 0 Å². The second kappa shape index (κ2) is 31.8. The van der Waals surface area contributed by atoms with Crippen molar-refractivity contribution in [2.45, 2.75) is 19.1 Å². The second-order valence-corrected chi connectivity index (χ2v) is 28.6. The van der Waals surface area contributed by atoms with Gasteiger partial charge < -0.3 is 13.3 Å². The van der Waals surface area contributed by atoms with Crippen molar-refractivity contribution in [3.8, 4) is 122 Å². The number of hydrogen-bond donors (Lipinski definition) is 0. The van der Waals surface area contributed by atoms with Crippen molar-refractivity contribution in [1.82, 2.24) is 0 Å². The summed E-state index contributed by atoms with van der Waals surface area (Å²) in [5, 5.41) is -11.9. The molecule has 3 nitrogen and oxygen atoms in total. The van der Waals surface area contributed by atoms with Crippen LogP contribution in [0.1, 0.15) is 139 Å². The van der Waals surface area contributed by atoms with Crippen LogP contribution < -0.4 is 0 Å². The van der Waals surface area contributed by atoms with Crippen LogP contribution in [0.3, 0.4) is 0 Å². The van der Waals surface area contributed by atoms with Gasteiger partial charge in [-0.3, -0.25) is 0 Å². The summed E-state index contributed by atoms with van der Waals surface area (Å²) in [6, 6.07) is -71.3. The Balaban J connectivity index is 0.000000154. The first-order valence-corrected chi connectivity index (χ1v) is 38.8. The summed E-state index contributed by atoms with van der Waals surface area (Å²) in [5.41, 5.74) is -25.4. The van der Waals surface area contributed by atoms with E-state index in [1.54, 1.807) is 0 Å². The lowest BCUT2D eigenvalue weighted by Gasteiger charge is -2.22. The fourth-order valence-corrected chi connectivity index (χ4v) is 15.9. The van der Waals surface area contributed by atoms with E-state index in [1.807, 2.05) is 0 Å². The monoisotopic (exact) mass is 1760 g/mol. The van der Waals surface area contributed by atoms with Gasteiger partial charge in [-0.05, 0) is 277 Å². The Morgan fingerprint density at radius 2 is 0.462 bits per heavy atom. The SMILES string of the molecule is [2H]c1c([2H])c([2H])c(-c2c([2H])c([2H])c([2H])c(-c3c([2H])c([2H])c4c(oc5c([2H])c([2H])c(-c6c7c([2H])c([2H])c([2H])c([2H])c7c(-c7c([2H])c([2H])c([2H])c([2H])c7[2H])c7c([2H])c([2H])c([2H])c([2H])c67)c([2H])c54)c3[2H])c2[2H])c([2H])c1[2H].[2H]c1c([2H])c([2H])c(-c2c3c([2H])c([2H])c([2H])c([2H])c3c(-c3c([2H])c([2H])c4oc5c([2H])c([2H])c([2H])c(-c6c([2H])c([2H])c([2H])c([2H])c6[2H])c5c4c3[2H])c3c([2H])c([2H])c([2H])c([2H])c23)c([2H])c1[2H].[2H]c1cc2c(c([2H])c1-c1c([2H])c([2H])c3oc4c([2H])c([2H])c(-c5c6c([2H])c([2H])c([2H])c([2H])c6c(-c6c([2H])c([2H])c([2H])c([2H])c6[2H])c6c([2H])c([2H])c([2H])c([2H])c56)c([2H])c4c3c1[2H])C(C([2H])([2H])[2H])(C([2H])([2H])[2H])c1c([2H])c([2H])c([2H])c([2H])c1-2. The molecule has 3 heterocycles. The van der Waals surface area contributed by atoms with Crippen molar-refractivity contribution >= 4 is 130 Å². The summed E-state index contributed by atoms with van der Waals surface area (Å²) in [7, 11) is 0. The molecule has 3 heteroatoms. The number of furan rings is 3. The van der Waals surface area contributed by atoms with Crippen LogP contribution in [-0.2, 0) is 5.41 Å². The molecule has 0 fully saturated rings. The third-order valence-electron chi connectivity index (χ3n) is 21.4. The Bertz CT molecular complexity index is 14000. The Labute approximate surface area is 880 Å². The molecule has 1 aliphatic rings. The molecule has 3 aromatic heterocycles. The van der Waals surface area contributed by atoms with Gasteiger partial charge in [-0.1, -0.05) is 406 Å². The first-order valence-electron chi connectivity index (χ1n) is 80.3. The van der Waals surface area contributed by atoms with E-state index in [-0.39, 0.29) is 0 Å². The van der Waals surface area contributed by atoms with Crippen molar-refractivity contribution < 1.29 is 127 Å². The third kappa shape index (κ3) is 13.0. The smallest absolute Gasteiger partial charge is 0.136 e. The number of rotatable bonds is 10. The minimum absolute atomic E-state index is 0.498. The molecule has 0 saturated heterocycles. The average Bonchev–Trinajstić information content (AvgIpc) is 1.49. The molecule has 618 valence electrons. The Kier molecular flexibility index (Phi) is 7.31. The molecule has 0 atom stereocenters. The van der Waals surface area contributed by atoms with E-state index in [1.165, 1.54) is 0 Å². The van der Waals surface area contributed by atoms with E-state index < -0.39 is 748 Å². The lowest BCUT2D eigenvalue weighted by molar-refractivity contribution is 0.660. The van der Waals surface area contributed by atoms with Gasteiger partial charge in [0.05, 0.1) is 106 Å². The maximum atomic E-state index is 9.95. The molecule has 23 aromatic carbocycles.